The molecule has 2 N–H and O–H groups in total. The Hall–Kier alpha value is -2.89. The number of nitrogen functional groups attached to an aromatic ring is 1. The van der Waals surface area contributed by atoms with E-state index in [4.69, 9.17) is 10.6 Å². The third-order valence-corrected chi connectivity index (χ3v) is 3.34. The molecule has 1 heterocycles. The summed E-state index contributed by atoms with van der Waals surface area (Å²) >= 11 is 0. The van der Waals surface area contributed by atoms with Gasteiger partial charge in [0.25, 0.3) is 5.56 Å². The Morgan fingerprint density at radius 3 is 2.52 bits per heavy atom. The lowest BCUT2D eigenvalue weighted by molar-refractivity contribution is -0.144. The van der Waals surface area contributed by atoms with Crippen LogP contribution in [0.3, 0.4) is 0 Å². The first-order valence-corrected chi connectivity index (χ1v) is 7.32. The van der Waals surface area contributed by atoms with Gasteiger partial charge >= 0.3 is 5.97 Å². The van der Waals surface area contributed by atoms with Crippen molar-refractivity contribution >= 4 is 17.4 Å². The Labute approximate surface area is 133 Å². The Kier molecular flexibility index (Phi) is 5.30. The highest BCUT2D eigenvalue weighted by Crippen LogP contribution is 2.11. The molecule has 2 aromatic rings. The summed E-state index contributed by atoms with van der Waals surface area (Å²) < 4.78 is 0.748. The second-order valence-electron chi connectivity index (χ2n) is 5.00. The van der Waals surface area contributed by atoms with Crippen LogP contribution in [0.1, 0.15) is 35.7 Å². The quantitative estimate of drug-likeness (QED) is 0.818. The maximum Gasteiger partial charge on any atom is 0.332 e. The Morgan fingerprint density at radius 1 is 1.17 bits per heavy atom. The normalized spacial score (nSPS) is 10.3. The zero-order chi connectivity index (χ0) is 16.8. The van der Waals surface area contributed by atoms with E-state index in [1.165, 1.54) is 12.3 Å². The van der Waals surface area contributed by atoms with Crippen LogP contribution < -0.4 is 16.1 Å². The van der Waals surface area contributed by atoms with Gasteiger partial charge in [0.05, 0.1) is 6.20 Å². The van der Waals surface area contributed by atoms with Gasteiger partial charge in [-0.2, -0.15) is 0 Å². The van der Waals surface area contributed by atoms with Crippen LogP contribution in [0.25, 0.3) is 0 Å². The van der Waals surface area contributed by atoms with E-state index in [2.05, 4.69) is 0 Å². The maximum atomic E-state index is 12.3. The van der Waals surface area contributed by atoms with E-state index in [0.717, 1.165) is 10.3 Å². The summed E-state index contributed by atoms with van der Waals surface area (Å²) in [5, 5.41) is 0. The minimum atomic E-state index is -0.718. The van der Waals surface area contributed by atoms with Gasteiger partial charge in [-0.1, -0.05) is 37.3 Å². The van der Waals surface area contributed by atoms with Crippen molar-refractivity contribution in [2.45, 2.75) is 26.2 Å². The van der Waals surface area contributed by atoms with E-state index < -0.39 is 11.5 Å². The summed E-state index contributed by atoms with van der Waals surface area (Å²) in [5.41, 5.74) is 5.96. The van der Waals surface area contributed by atoms with E-state index in [1.54, 1.807) is 6.92 Å². The van der Waals surface area contributed by atoms with Crippen LogP contribution >= 0.6 is 0 Å². The fourth-order valence-electron chi connectivity index (χ4n) is 2.09. The number of nitrogens with zero attached hydrogens (tertiary/aromatic N) is 1. The first-order valence-electron chi connectivity index (χ1n) is 7.32. The Balaban J connectivity index is 2.20. The Morgan fingerprint density at radius 2 is 1.87 bits per heavy atom. The van der Waals surface area contributed by atoms with E-state index in [1.807, 2.05) is 30.3 Å². The SMILES string of the molecule is CCC(=O)On1ccc(N)c(C(=O)CCc2ccccc2)c1=O. The molecule has 120 valence electrons. The number of anilines is 1. The lowest BCUT2D eigenvalue weighted by Crippen LogP contribution is -2.34. The topological polar surface area (TPSA) is 91.4 Å². The predicted molar refractivity (Wildman–Crippen MR) is 86.1 cm³/mol. The fraction of sp³-hybridized carbons (Fsp3) is 0.235. The highest BCUT2D eigenvalue weighted by Gasteiger charge is 2.18. The van der Waals surface area contributed by atoms with Crippen LogP contribution in [-0.4, -0.2) is 16.5 Å². The minimum absolute atomic E-state index is 0.0804. The molecule has 0 saturated heterocycles. The first-order chi connectivity index (χ1) is 11.0. The molecule has 0 radical (unpaired) electrons. The van der Waals surface area contributed by atoms with Crippen LogP contribution in [0.15, 0.2) is 47.4 Å². The summed E-state index contributed by atoms with van der Waals surface area (Å²) in [4.78, 5) is 40.8. The lowest BCUT2D eigenvalue weighted by Gasteiger charge is -2.09. The van der Waals surface area contributed by atoms with Crippen molar-refractivity contribution in [1.29, 1.82) is 0 Å². The van der Waals surface area contributed by atoms with Gasteiger partial charge in [0.1, 0.15) is 5.56 Å². The Bertz CT molecular complexity index is 766. The number of pyridine rings is 1. The molecule has 0 aliphatic rings. The molecule has 2 rings (SSSR count). The summed E-state index contributed by atoms with van der Waals surface area (Å²) in [6.07, 6.45) is 2.00. The molecule has 0 unspecified atom stereocenters. The van der Waals surface area contributed by atoms with E-state index in [-0.39, 0.29) is 29.9 Å². The third kappa shape index (κ3) is 4.06. The third-order valence-electron chi connectivity index (χ3n) is 3.34. The number of carbonyl (C=O) groups is 2. The van der Waals surface area contributed by atoms with Gasteiger partial charge in [-0.25, -0.2) is 4.79 Å². The summed E-state index contributed by atoms with van der Waals surface area (Å²) in [7, 11) is 0. The maximum absolute atomic E-state index is 12.3. The molecule has 0 spiro atoms. The number of hydrogen-bond donors (Lipinski definition) is 1. The predicted octanol–water partition coefficient (Wildman–Crippen LogP) is 1.61. The van der Waals surface area contributed by atoms with Crippen molar-refractivity contribution in [2.24, 2.45) is 0 Å². The van der Waals surface area contributed by atoms with E-state index >= 15 is 0 Å². The molecule has 0 fully saturated rings. The van der Waals surface area contributed by atoms with Crippen LogP contribution in [0, 0.1) is 0 Å². The van der Waals surface area contributed by atoms with Gasteiger partial charge in [0.2, 0.25) is 0 Å². The van der Waals surface area contributed by atoms with Gasteiger partial charge in [-0.05, 0) is 18.1 Å². The number of rotatable bonds is 6. The summed E-state index contributed by atoms with van der Waals surface area (Å²) in [6.45, 7) is 1.61. The van der Waals surface area contributed by atoms with Crippen molar-refractivity contribution in [3.05, 3.63) is 64.1 Å². The second-order valence-corrected chi connectivity index (χ2v) is 5.00. The smallest absolute Gasteiger partial charge is 0.332 e. The molecule has 6 nitrogen and oxygen atoms in total. The lowest BCUT2D eigenvalue weighted by atomic mass is 10.0. The second kappa shape index (κ2) is 7.40. The average Bonchev–Trinajstić information content (AvgIpc) is 2.56. The molecule has 0 saturated carbocycles. The number of aryl methyl sites for hydroxylation is 1. The van der Waals surface area contributed by atoms with E-state index in [9.17, 15) is 14.4 Å². The summed E-state index contributed by atoms with van der Waals surface area (Å²) in [5.74, 6) is -0.946. The molecule has 23 heavy (non-hydrogen) atoms. The van der Waals surface area contributed by atoms with Crippen LogP contribution in [-0.2, 0) is 11.2 Å². The minimum Gasteiger partial charge on any atom is -0.398 e. The zero-order valence-corrected chi connectivity index (χ0v) is 12.8. The first kappa shape index (κ1) is 16.5. The molecule has 1 aromatic heterocycles. The highest BCUT2D eigenvalue weighted by molar-refractivity contribution is 6.00. The van der Waals surface area contributed by atoms with Crippen LogP contribution in [0.4, 0.5) is 5.69 Å². The molecule has 0 aliphatic carbocycles. The molecule has 0 aliphatic heterocycles. The molecule has 1 aromatic carbocycles. The van der Waals surface area contributed by atoms with Crippen molar-refractivity contribution in [3.63, 3.8) is 0 Å². The molecular weight excluding hydrogens is 296 g/mol. The van der Waals surface area contributed by atoms with Gasteiger partial charge in [-0.15, -0.1) is 4.73 Å². The molecule has 0 atom stereocenters. The zero-order valence-electron chi connectivity index (χ0n) is 12.8. The van der Waals surface area contributed by atoms with E-state index in [0.29, 0.717) is 6.42 Å². The molecular formula is C17H18N2O4. The van der Waals surface area contributed by atoms with Crippen molar-refractivity contribution < 1.29 is 14.4 Å². The van der Waals surface area contributed by atoms with Crippen LogP contribution in [0.5, 0.6) is 0 Å². The van der Waals surface area contributed by atoms with Crippen LogP contribution in [0.2, 0.25) is 0 Å². The molecule has 0 bridgehead atoms. The van der Waals surface area contributed by atoms with Gasteiger partial charge in [-0.3, -0.25) is 9.59 Å². The number of benzene rings is 1. The van der Waals surface area contributed by atoms with Crippen molar-refractivity contribution in [1.82, 2.24) is 4.73 Å². The van der Waals surface area contributed by atoms with Gasteiger partial charge in [0, 0.05) is 18.5 Å². The standard InChI is InChI=1S/C17H18N2O4/c1-2-15(21)23-19-11-10-13(18)16(17(19)22)14(20)9-8-12-6-4-3-5-7-12/h3-7,10-11H,2,8-9,18H2,1H3. The highest BCUT2D eigenvalue weighted by atomic mass is 16.7. The number of ketones is 1. The monoisotopic (exact) mass is 314 g/mol. The van der Waals surface area contributed by atoms with Crippen molar-refractivity contribution in [3.8, 4) is 0 Å². The van der Waals surface area contributed by atoms with Gasteiger partial charge < -0.3 is 10.6 Å². The largest absolute Gasteiger partial charge is 0.398 e. The average molecular weight is 314 g/mol. The van der Waals surface area contributed by atoms with Crippen molar-refractivity contribution in [2.75, 3.05) is 5.73 Å². The number of aromatic nitrogens is 1. The number of nitrogens with two attached hydrogens (primary N) is 1. The fourth-order valence-corrected chi connectivity index (χ4v) is 2.09. The number of hydrogen-bond acceptors (Lipinski definition) is 5. The number of carbonyl (C=O) groups excluding carboxylic acids is 2. The molecule has 6 heteroatoms. The van der Waals surface area contributed by atoms with Gasteiger partial charge in [0.15, 0.2) is 5.78 Å². The number of Topliss-reactive ketones (excluding diaryl/α,β-unsaturated/α-hetero) is 1. The molecule has 0 amide bonds. The summed E-state index contributed by atoms with van der Waals surface area (Å²) in [6, 6.07) is 10.8.